The van der Waals surface area contributed by atoms with Gasteiger partial charge in [0.15, 0.2) is 4.96 Å². The predicted octanol–water partition coefficient (Wildman–Crippen LogP) is 4.88. The highest BCUT2D eigenvalue weighted by Crippen LogP contribution is 2.24. The van der Waals surface area contributed by atoms with Gasteiger partial charge in [-0.3, -0.25) is 9.20 Å². The minimum atomic E-state index is -0.0230. The van der Waals surface area contributed by atoms with E-state index in [-0.39, 0.29) is 11.9 Å². The maximum absolute atomic E-state index is 12.7. The first-order chi connectivity index (χ1) is 14.2. The standard InChI is InChI=1S/C23H23N3O2S/c1-3-20(17-9-11-19(28-2)12-10-17)24-22(27)13-18-15-29-23-25-21(14-26(18)23)16-7-5-4-6-8-16/h4-12,14-15,20H,3,13H2,1-2H3,(H,24,27). The minimum Gasteiger partial charge on any atom is -0.497 e. The van der Waals surface area contributed by atoms with Crippen LogP contribution in [0.25, 0.3) is 16.2 Å². The molecule has 0 spiro atoms. The fraction of sp³-hybridized carbons (Fsp3) is 0.217. The Morgan fingerprint density at radius 1 is 1.17 bits per heavy atom. The summed E-state index contributed by atoms with van der Waals surface area (Å²) in [5, 5.41) is 5.16. The molecule has 4 rings (SSSR count). The van der Waals surface area contributed by atoms with Crippen LogP contribution in [-0.4, -0.2) is 22.4 Å². The minimum absolute atomic E-state index is 0.00216. The molecule has 0 aliphatic carbocycles. The number of nitrogens with one attached hydrogen (secondary N) is 1. The number of amides is 1. The second-order valence-corrected chi connectivity index (χ2v) is 7.69. The molecule has 1 unspecified atom stereocenters. The van der Waals surface area contributed by atoms with E-state index in [1.54, 1.807) is 18.4 Å². The molecule has 0 saturated heterocycles. The van der Waals surface area contributed by atoms with Crippen LogP contribution in [-0.2, 0) is 11.2 Å². The largest absolute Gasteiger partial charge is 0.497 e. The van der Waals surface area contributed by atoms with Gasteiger partial charge in [-0.1, -0.05) is 49.4 Å². The van der Waals surface area contributed by atoms with E-state index in [1.807, 2.05) is 70.6 Å². The summed E-state index contributed by atoms with van der Waals surface area (Å²) in [5.41, 5.74) is 4.01. The normalized spacial score (nSPS) is 12.1. The third kappa shape index (κ3) is 4.17. The predicted molar refractivity (Wildman–Crippen MR) is 116 cm³/mol. The molecule has 29 heavy (non-hydrogen) atoms. The van der Waals surface area contributed by atoms with Crippen LogP contribution in [0.2, 0.25) is 0 Å². The molecule has 0 saturated carbocycles. The zero-order chi connectivity index (χ0) is 20.2. The van der Waals surface area contributed by atoms with Gasteiger partial charge < -0.3 is 10.1 Å². The average Bonchev–Trinajstić information content (AvgIpc) is 3.35. The van der Waals surface area contributed by atoms with Crippen LogP contribution in [0.4, 0.5) is 0 Å². The molecule has 1 N–H and O–H groups in total. The molecule has 2 aromatic carbocycles. The first-order valence-electron chi connectivity index (χ1n) is 9.62. The number of aromatic nitrogens is 2. The lowest BCUT2D eigenvalue weighted by molar-refractivity contribution is -0.121. The number of nitrogens with zero attached hydrogens (tertiary/aromatic N) is 2. The van der Waals surface area contributed by atoms with Crippen LogP contribution < -0.4 is 10.1 Å². The highest BCUT2D eigenvalue weighted by molar-refractivity contribution is 7.15. The molecule has 5 nitrogen and oxygen atoms in total. The van der Waals surface area contributed by atoms with Crippen molar-refractivity contribution < 1.29 is 9.53 Å². The summed E-state index contributed by atoms with van der Waals surface area (Å²) in [6.45, 7) is 2.07. The Kier molecular flexibility index (Phi) is 5.62. The Labute approximate surface area is 174 Å². The molecule has 1 amide bonds. The van der Waals surface area contributed by atoms with E-state index in [0.29, 0.717) is 6.42 Å². The van der Waals surface area contributed by atoms with Gasteiger partial charge in [-0.05, 0) is 24.1 Å². The summed E-state index contributed by atoms with van der Waals surface area (Å²) >= 11 is 1.55. The lowest BCUT2D eigenvalue weighted by Gasteiger charge is -2.17. The number of benzene rings is 2. The number of imidazole rings is 1. The SMILES string of the molecule is CCC(NC(=O)Cc1csc2nc(-c3ccccc3)cn12)c1ccc(OC)cc1. The van der Waals surface area contributed by atoms with Gasteiger partial charge in [0.1, 0.15) is 5.75 Å². The van der Waals surface area contributed by atoms with Gasteiger partial charge in [-0.2, -0.15) is 0 Å². The number of fused-ring (bicyclic) bond motifs is 1. The van der Waals surface area contributed by atoms with Crippen molar-refractivity contribution in [3.63, 3.8) is 0 Å². The van der Waals surface area contributed by atoms with Crippen LogP contribution in [0.15, 0.2) is 66.2 Å². The van der Waals surface area contributed by atoms with Crippen molar-refractivity contribution in [1.29, 1.82) is 0 Å². The third-order valence-electron chi connectivity index (χ3n) is 4.96. The molecule has 148 valence electrons. The molecule has 0 radical (unpaired) electrons. The summed E-state index contributed by atoms with van der Waals surface area (Å²) in [4.78, 5) is 18.3. The molecule has 4 aromatic rings. The molecule has 0 aliphatic rings. The number of methoxy groups -OCH3 is 1. The molecular formula is C23H23N3O2S. The van der Waals surface area contributed by atoms with Crippen molar-refractivity contribution in [3.05, 3.63) is 77.4 Å². The van der Waals surface area contributed by atoms with Gasteiger partial charge >= 0.3 is 0 Å². The fourth-order valence-electron chi connectivity index (χ4n) is 3.37. The molecule has 0 bridgehead atoms. The van der Waals surface area contributed by atoms with Gasteiger partial charge in [0.25, 0.3) is 0 Å². The van der Waals surface area contributed by atoms with Crippen LogP contribution in [0.5, 0.6) is 5.75 Å². The lowest BCUT2D eigenvalue weighted by atomic mass is 10.0. The third-order valence-corrected chi connectivity index (χ3v) is 5.84. The number of ether oxygens (including phenoxy) is 1. The Morgan fingerprint density at radius 3 is 2.62 bits per heavy atom. The molecule has 0 fully saturated rings. The zero-order valence-electron chi connectivity index (χ0n) is 16.5. The van der Waals surface area contributed by atoms with Crippen molar-refractivity contribution in [2.75, 3.05) is 7.11 Å². The number of hydrogen-bond donors (Lipinski definition) is 1. The van der Waals surface area contributed by atoms with E-state index in [9.17, 15) is 4.79 Å². The van der Waals surface area contributed by atoms with Gasteiger partial charge in [-0.25, -0.2) is 4.98 Å². The van der Waals surface area contributed by atoms with E-state index in [0.717, 1.165) is 39.6 Å². The maximum Gasteiger partial charge on any atom is 0.226 e. The fourth-order valence-corrected chi connectivity index (χ4v) is 4.24. The highest BCUT2D eigenvalue weighted by Gasteiger charge is 2.16. The van der Waals surface area contributed by atoms with Gasteiger partial charge in [0.05, 0.1) is 25.3 Å². The Hall–Kier alpha value is -3.12. The number of carbonyl (C=O) groups excluding carboxylic acids is 1. The van der Waals surface area contributed by atoms with E-state index in [1.165, 1.54) is 0 Å². The second-order valence-electron chi connectivity index (χ2n) is 6.85. The van der Waals surface area contributed by atoms with Gasteiger partial charge in [0.2, 0.25) is 5.91 Å². The van der Waals surface area contributed by atoms with Crippen molar-refractivity contribution >= 4 is 22.2 Å². The van der Waals surface area contributed by atoms with Gasteiger partial charge in [-0.15, -0.1) is 11.3 Å². The Balaban J connectivity index is 1.48. The molecule has 2 heterocycles. The summed E-state index contributed by atoms with van der Waals surface area (Å²) < 4.78 is 7.23. The molecule has 2 aromatic heterocycles. The number of rotatable bonds is 7. The monoisotopic (exact) mass is 405 g/mol. The second kappa shape index (κ2) is 8.49. The van der Waals surface area contributed by atoms with E-state index < -0.39 is 0 Å². The number of carbonyl (C=O) groups is 1. The number of hydrogen-bond acceptors (Lipinski definition) is 4. The summed E-state index contributed by atoms with van der Waals surface area (Å²) in [7, 11) is 1.65. The topological polar surface area (TPSA) is 55.6 Å². The molecule has 0 aliphatic heterocycles. The van der Waals surface area contributed by atoms with Gasteiger partial charge in [0, 0.05) is 22.8 Å². The zero-order valence-corrected chi connectivity index (χ0v) is 17.3. The Bertz CT molecular complexity index is 1100. The first-order valence-corrected chi connectivity index (χ1v) is 10.5. The van der Waals surface area contributed by atoms with Crippen LogP contribution in [0.1, 0.15) is 30.6 Å². The van der Waals surface area contributed by atoms with E-state index in [4.69, 9.17) is 4.74 Å². The van der Waals surface area contributed by atoms with E-state index in [2.05, 4.69) is 17.2 Å². The smallest absolute Gasteiger partial charge is 0.226 e. The summed E-state index contributed by atoms with van der Waals surface area (Å²) in [6, 6.07) is 17.9. The molecule has 6 heteroatoms. The molecular weight excluding hydrogens is 382 g/mol. The van der Waals surface area contributed by atoms with Crippen molar-refractivity contribution in [2.24, 2.45) is 0 Å². The quantitative estimate of drug-likeness (QED) is 0.477. The maximum atomic E-state index is 12.7. The first kappa shape index (κ1) is 19.2. The van der Waals surface area contributed by atoms with Crippen molar-refractivity contribution in [3.8, 4) is 17.0 Å². The van der Waals surface area contributed by atoms with Crippen molar-refractivity contribution in [1.82, 2.24) is 14.7 Å². The van der Waals surface area contributed by atoms with Crippen LogP contribution in [0.3, 0.4) is 0 Å². The summed E-state index contributed by atoms with van der Waals surface area (Å²) in [5.74, 6) is 0.812. The average molecular weight is 406 g/mol. The van der Waals surface area contributed by atoms with E-state index >= 15 is 0 Å². The van der Waals surface area contributed by atoms with Crippen LogP contribution in [0, 0.1) is 0 Å². The van der Waals surface area contributed by atoms with Crippen LogP contribution >= 0.6 is 11.3 Å². The summed E-state index contributed by atoms with van der Waals surface area (Å²) in [6.07, 6.45) is 3.14. The molecule has 1 atom stereocenters. The lowest BCUT2D eigenvalue weighted by Crippen LogP contribution is -2.29. The Morgan fingerprint density at radius 2 is 1.93 bits per heavy atom. The highest BCUT2D eigenvalue weighted by atomic mass is 32.1. The number of thiazole rings is 1. The van der Waals surface area contributed by atoms with Crippen molar-refractivity contribution in [2.45, 2.75) is 25.8 Å².